The molecule has 0 amide bonds. The molecule has 2 nitrogen and oxygen atoms in total. The molecule has 0 aliphatic carbocycles. The van der Waals surface area contributed by atoms with Gasteiger partial charge in [0.2, 0.25) is 0 Å². The maximum Gasteiger partial charge on any atom is 0.426 e. The summed E-state index contributed by atoms with van der Waals surface area (Å²) in [5.41, 5.74) is -4.67. The first-order valence-corrected chi connectivity index (χ1v) is 6.89. The van der Waals surface area contributed by atoms with Crippen LogP contribution < -0.4 is 0 Å². The van der Waals surface area contributed by atoms with Crippen molar-refractivity contribution in [2.75, 3.05) is 13.9 Å². The van der Waals surface area contributed by atoms with Crippen LogP contribution in [0.1, 0.15) is 25.7 Å². The van der Waals surface area contributed by atoms with Crippen LogP contribution in [0.5, 0.6) is 0 Å². The second kappa shape index (κ2) is 9.46. The minimum atomic E-state index is -5.93. The fraction of sp³-hybridized carbons (Fsp3) is 0.714. The smallest absolute Gasteiger partial charge is 0.359 e. The van der Waals surface area contributed by atoms with Crippen LogP contribution in [-0.2, 0) is 9.47 Å². The molecule has 0 aromatic carbocycles. The van der Waals surface area contributed by atoms with E-state index in [2.05, 4.69) is 16.1 Å². The Balaban J connectivity index is 5.86. The summed E-state index contributed by atoms with van der Waals surface area (Å²) in [5.74, 6) is -3.79. The lowest BCUT2D eigenvalue weighted by molar-refractivity contribution is -0.396. The van der Waals surface area contributed by atoms with Crippen molar-refractivity contribution in [3.8, 4) is 0 Å². The van der Waals surface area contributed by atoms with Crippen LogP contribution in [0.25, 0.3) is 0 Å². The molecule has 148 valence electrons. The highest BCUT2D eigenvalue weighted by Crippen LogP contribution is 2.50. The van der Waals surface area contributed by atoms with Crippen molar-refractivity contribution in [1.82, 2.24) is 0 Å². The molecule has 11 heteroatoms. The van der Waals surface area contributed by atoms with Gasteiger partial charge in [-0.25, -0.2) is 4.39 Å². The summed E-state index contributed by atoms with van der Waals surface area (Å²) in [6.07, 6.45) is -17.1. The van der Waals surface area contributed by atoms with E-state index >= 15 is 0 Å². The predicted octanol–water partition coefficient (Wildman–Crippen LogP) is 5.91. The molecular formula is C14H17F9O2. The van der Waals surface area contributed by atoms with E-state index in [0.29, 0.717) is 0 Å². The number of allylic oxidation sites excluding steroid dienone is 2. The van der Waals surface area contributed by atoms with Gasteiger partial charge in [0.25, 0.3) is 5.60 Å². The molecule has 0 fully saturated rings. The molecule has 0 saturated carbocycles. The number of rotatable bonds is 10. The van der Waals surface area contributed by atoms with E-state index in [1.54, 1.807) is 0 Å². The summed E-state index contributed by atoms with van der Waals surface area (Å²) < 4.78 is 125. The average Bonchev–Trinajstić information content (AvgIpc) is 2.45. The lowest BCUT2D eigenvalue weighted by atomic mass is 9.84. The fourth-order valence-corrected chi connectivity index (χ4v) is 2.14. The quantitative estimate of drug-likeness (QED) is 0.263. The Kier molecular flexibility index (Phi) is 9.00. The van der Waals surface area contributed by atoms with Crippen LogP contribution in [0, 0.1) is 5.92 Å². The third-order valence-corrected chi connectivity index (χ3v) is 3.37. The van der Waals surface area contributed by atoms with Gasteiger partial charge in [0.1, 0.15) is 6.79 Å². The second-order valence-electron chi connectivity index (χ2n) is 5.18. The Morgan fingerprint density at radius 1 is 1.04 bits per heavy atom. The number of halogens is 9. The average molecular weight is 388 g/mol. The zero-order valence-electron chi connectivity index (χ0n) is 13.1. The molecule has 0 aliphatic rings. The molecule has 0 rings (SSSR count). The minimum absolute atomic E-state index is 0.0953. The van der Waals surface area contributed by atoms with Gasteiger partial charge in [-0.15, -0.1) is 6.58 Å². The number of methoxy groups -OCH3 is 1. The van der Waals surface area contributed by atoms with Crippen molar-refractivity contribution in [3.05, 3.63) is 24.6 Å². The second-order valence-corrected chi connectivity index (χ2v) is 5.18. The number of alkyl halides is 6. The van der Waals surface area contributed by atoms with Crippen molar-refractivity contribution < 1.29 is 49.0 Å². The molecule has 0 aromatic heterocycles. The molecule has 0 N–H and O–H groups in total. The summed E-state index contributed by atoms with van der Waals surface area (Å²) in [7, 11) is 0.813. The van der Waals surface area contributed by atoms with Crippen molar-refractivity contribution in [3.63, 3.8) is 0 Å². The van der Waals surface area contributed by atoms with Gasteiger partial charge < -0.3 is 9.47 Å². The van der Waals surface area contributed by atoms with Gasteiger partial charge in [0, 0.05) is 13.5 Å². The number of hydrogen-bond donors (Lipinski definition) is 0. The van der Waals surface area contributed by atoms with E-state index in [1.807, 2.05) is 0 Å². The maximum absolute atomic E-state index is 13.2. The topological polar surface area (TPSA) is 18.5 Å². The van der Waals surface area contributed by atoms with Gasteiger partial charge in [-0.05, 0) is 25.2 Å². The summed E-state index contributed by atoms with van der Waals surface area (Å²) in [4.78, 5) is 0. The van der Waals surface area contributed by atoms with Crippen LogP contribution in [0.2, 0.25) is 0 Å². The van der Waals surface area contributed by atoms with Gasteiger partial charge >= 0.3 is 18.4 Å². The highest BCUT2D eigenvalue weighted by atomic mass is 19.4. The van der Waals surface area contributed by atoms with E-state index in [4.69, 9.17) is 0 Å². The normalized spacial score (nSPS) is 14.3. The Morgan fingerprint density at radius 3 is 1.92 bits per heavy atom. The molecule has 0 spiro atoms. The summed E-state index contributed by atoms with van der Waals surface area (Å²) in [5, 5.41) is 0. The van der Waals surface area contributed by atoms with Gasteiger partial charge in [-0.1, -0.05) is 6.08 Å². The van der Waals surface area contributed by atoms with Crippen LogP contribution in [0.3, 0.4) is 0 Å². The van der Waals surface area contributed by atoms with Crippen LogP contribution >= 0.6 is 0 Å². The van der Waals surface area contributed by atoms with Crippen molar-refractivity contribution >= 4 is 0 Å². The van der Waals surface area contributed by atoms with Crippen LogP contribution in [0.15, 0.2) is 24.6 Å². The largest absolute Gasteiger partial charge is 0.426 e. The van der Waals surface area contributed by atoms with Crippen LogP contribution in [-0.4, -0.2) is 31.9 Å². The Labute approximate surface area is 138 Å². The van der Waals surface area contributed by atoms with E-state index in [0.717, 1.165) is 7.11 Å². The van der Waals surface area contributed by atoms with Gasteiger partial charge in [-0.2, -0.15) is 35.1 Å². The molecule has 25 heavy (non-hydrogen) atoms. The highest BCUT2D eigenvalue weighted by molar-refractivity contribution is 5.01. The van der Waals surface area contributed by atoms with Crippen LogP contribution in [0.4, 0.5) is 39.5 Å². The molecule has 0 heterocycles. The summed E-state index contributed by atoms with van der Waals surface area (Å²) in [6, 6.07) is 0. The summed E-state index contributed by atoms with van der Waals surface area (Å²) >= 11 is 0. The molecule has 0 bridgehead atoms. The zero-order valence-corrected chi connectivity index (χ0v) is 13.1. The summed E-state index contributed by atoms with van der Waals surface area (Å²) in [6.45, 7) is 1.90. The Morgan fingerprint density at radius 2 is 1.56 bits per heavy atom. The van der Waals surface area contributed by atoms with Gasteiger partial charge in [0.15, 0.2) is 5.83 Å². The first-order valence-electron chi connectivity index (χ1n) is 6.89. The van der Waals surface area contributed by atoms with Crippen molar-refractivity contribution in [2.24, 2.45) is 5.92 Å². The standard InChI is InChI=1S/C14H17F9O2/c1-3-4-5-9(6-10(15)11(16)17)7-12(13(18,19)20,14(21,22)23)25-8-24-2/h3,9H,1,4-8H2,2H3. The van der Waals surface area contributed by atoms with E-state index in [9.17, 15) is 39.5 Å². The maximum atomic E-state index is 13.2. The molecule has 0 radical (unpaired) electrons. The first kappa shape index (κ1) is 23.8. The van der Waals surface area contributed by atoms with E-state index in [1.165, 1.54) is 6.08 Å². The first-order chi connectivity index (χ1) is 11.3. The molecular weight excluding hydrogens is 371 g/mol. The fourth-order valence-electron chi connectivity index (χ4n) is 2.14. The van der Waals surface area contributed by atoms with Gasteiger partial charge in [-0.3, -0.25) is 0 Å². The molecule has 1 atom stereocenters. The highest BCUT2D eigenvalue weighted by Gasteiger charge is 2.72. The monoisotopic (exact) mass is 388 g/mol. The number of hydrogen-bond acceptors (Lipinski definition) is 2. The van der Waals surface area contributed by atoms with E-state index < -0.39 is 61.8 Å². The van der Waals surface area contributed by atoms with E-state index in [-0.39, 0.29) is 6.42 Å². The molecule has 0 saturated heterocycles. The molecule has 1 unspecified atom stereocenters. The minimum Gasteiger partial charge on any atom is -0.359 e. The molecule has 0 aromatic rings. The number of ether oxygens (including phenoxy) is 2. The lowest BCUT2D eigenvalue weighted by Crippen LogP contribution is -2.60. The lowest BCUT2D eigenvalue weighted by Gasteiger charge is -2.39. The third-order valence-electron chi connectivity index (χ3n) is 3.37. The Bertz CT molecular complexity index is 436. The third kappa shape index (κ3) is 6.53. The Hall–Kier alpha value is -1.23. The SMILES string of the molecule is C=CCCC(CC(F)=C(F)F)CC(OCOC)(C(F)(F)F)C(F)(F)F. The van der Waals surface area contributed by atoms with Crippen molar-refractivity contribution in [2.45, 2.75) is 43.6 Å². The molecule has 0 aliphatic heterocycles. The predicted molar refractivity (Wildman–Crippen MR) is 70.3 cm³/mol. The van der Waals surface area contributed by atoms with Crippen molar-refractivity contribution in [1.29, 1.82) is 0 Å². The zero-order chi connectivity index (χ0) is 19.9. The van der Waals surface area contributed by atoms with Gasteiger partial charge in [0.05, 0.1) is 0 Å².